The molecule has 1 aliphatic rings. The number of hydrogen-bond donors (Lipinski definition) is 1. The molecule has 1 heterocycles. The smallest absolute Gasteiger partial charge is 0.0519 e. The van der Waals surface area contributed by atoms with E-state index in [4.69, 9.17) is 0 Å². The van der Waals surface area contributed by atoms with Crippen LogP contribution in [0.5, 0.6) is 0 Å². The average molecular weight is 366 g/mol. The average Bonchev–Trinajstić information content (AvgIpc) is 3.15. The van der Waals surface area contributed by atoms with Crippen molar-refractivity contribution >= 4 is 39.4 Å². The minimum atomic E-state index is -0.129. The second kappa shape index (κ2) is 6.53. The number of benzene rings is 2. The Hall–Kier alpha value is -3.06. The Morgan fingerprint density at radius 2 is 1.75 bits per heavy atom. The molecule has 0 fully saturated rings. The SMILES string of the molecule is C=C/C=c1\c(=C/C)[nH]c2c3c(c4ccccc4c12)C(/C=C\C)=C(C=C)C3(C)C. The molecule has 0 saturated heterocycles. The number of aromatic nitrogens is 1. The third-order valence-electron chi connectivity index (χ3n) is 6.00. The lowest BCUT2D eigenvalue weighted by molar-refractivity contribution is 0.660. The fourth-order valence-electron chi connectivity index (χ4n) is 4.91. The van der Waals surface area contributed by atoms with Gasteiger partial charge in [0.05, 0.1) is 5.52 Å². The molecule has 1 aliphatic carbocycles. The van der Waals surface area contributed by atoms with E-state index in [1.165, 1.54) is 49.2 Å². The summed E-state index contributed by atoms with van der Waals surface area (Å²) in [4.78, 5) is 3.73. The van der Waals surface area contributed by atoms with E-state index in [-0.39, 0.29) is 5.41 Å². The third kappa shape index (κ3) is 2.26. The van der Waals surface area contributed by atoms with Gasteiger partial charge in [-0.1, -0.05) is 87.7 Å². The van der Waals surface area contributed by atoms with Crippen LogP contribution in [0, 0.1) is 0 Å². The van der Waals surface area contributed by atoms with Gasteiger partial charge in [-0.05, 0) is 46.9 Å². The van der Waals surface area contributed by atoms with Gasteiger partial charge in [-0.15, -0.1) is 0 Å². The quantitative estimate of drug-likeness (QED) is 0.595. The third-order valence-corrected chi connectivity index (χ3v) is 6.00. The number of fused-ring (bicyclic) bond motifs is 6. The molecule has 1 heteroatoms. The van der Waals surface area contributed by atoms with Gasteiger partial charge in [0, 0.05) is 21.4 Å². The number of nitrogens with one attached hydrogen (secondary N) is 1. The van der Waals surface area contributed by atoms with Gasteiger partial charge in [-0.3, -0.25) is 0 Å². The van der Waals surface area contributed by atoms with Crippen LogP contribution in [0.3, 0.4) is 0 Å². The monoisotopic (exact) mass is 365 g/mol. The Morgan fingerprint density at radius 1 is 1.04 bits per heavy atom. The second-order valence-electron chi connectivity index (χ2n) is 7.85. The molecule has 0 spiro atoms. The summed E-state index contributed by atoms with van der Waals surface area (Å²) in [5.74, 6) is 0. The van der Waals surface area contributed by atoms with Crippen LogP contribution in [0.15, 0.2) is 67.3 Å². The number of hydrogen-bond acceptors (Lipinski definition) is 0. The van der Waals surface area contributed by atoms with Crippen molar-refractivity contribution in [1.82, 2.24) is 4.98 Å². The summed E-state index contributed by atoms with van der Waals surface area (Å²) in [7, 11) is 0. The van der Waals surface area contributed by atoms with E-state index in [9.17, 15) is 0 Å². The molecule has 0 atom stereocenters. The van der Waals surface area contributed by atoms with Crippen LogP contribution in [-0.2, 0) is 5.41 Å². The van der Waals surface area contributed by atoms with Crippen LogP contribution in [0.2, 0.25) is 0 Å². The molecule has 2 aromatic carbocycles. The van der Waals surface area contributed by atoms with Gasteiger partial charge in [0.15, 0.2) is 0 Å². The fraction of sp³-hybridized carbons (Fsp3) is 0.185. The van der Waals surface area contributed by atoms with Crippen molar-refractivity contribution in [3.8, 4) is 0 Å². The highest BCUT2D eigenvalue weighted by atomic mass is 14.7. The molecule has 1 nitrogen and oxygen atoms in total. The Bertz CT molecular complexity index is 1320. The molecule has 140 valence electrons. The van der Waals surface area contributed by atoms with Crippen molar-refractivity contribution < 1.29 is 0 Å². The van der Waals surface area contributed by atoms with Gasteiger partial charge in [0.25, 0.3) is 0 Å². The Balaban J connectivity index is 2.40. The molecule has 0 aliphatic heterocycles. The first-order valence-corrected chi connectivity index (χ1v) is 9.87. The molecule has 0 amide bonds. The minimum Gasteiger partial charge on any atom is -0.354 e. The molecule has 4 rings (SSSR count). The van der Waals surface area contributed by atoms with Crippen molar-refractivity contribution in [1.29, 1.82) is 0 Å². The van der Waals surface area contributed by atoms with Gasteiger partial charge < -0.3 is 4.98 Å². The van der Waals surface area contributed by atoms with Crippen LogP contribution in [-0.4, -0.2) is 4.98 Å². The van der Waals surface area contributed by atoms with Crippen LogP contribution in [0.25, 0.3) is 39.4 Å². The van der Waals surface area contributed by atoms with Crippen molar-refractivity contribution in [3.05, 3.63) is 89.0 Å². The zero-order valence-electron chi connectivity index (χ0n) is 17.2. The van der Waals surface area contributed by atoms with E-state index in [0.29, 0.717) is 0 Å². The predicted octanol–water partition coefficient (Wildman–Crippen LogP) is 5.89. The van der Waals surface area contributed by atoms with Gasteiger partial charge in [-0.2, -0.15) is 0 Å². The first-order chi connectivity index (χ1) is 13.5. The summed E-state index contributed by atoms with van der Waals surface area (Å²) in [5, 5.41) is 6.20. The van der Waals surface area contributed by atoms with Crippen LogP contribution in [0.4, 0.5) is 0 Å². The molecule has 3 aromatic rings. The summed E-state index contributed by atoms with van der Waals surface area (Å²) >= 11 is 0. The normalized spacial score (nSPS) is 17.3. The fourth-order valence-corrected chi connectivity index (χ4v) is 4.91. The van der Waals surface area contributed by atoms with Crippen LogP contribution >= 0.6 is 0 Å². The summed E-state index contributed by atoms with van der Waals surface area (Å²) in [6.07, 6.45) is 12.5. The maximum absolute atomic E-state index is 4.15. The number of H-pyrrole nitrogens is 1. The maximum atomic E-state index is 4.15. The van der Waals surface area contributed by atoms with Gasteiger partial charge >= 0.3 is 0 Å². The molecule has 28 heavy (non-hydrogen) atoms. The highest BCUT2D eigenvalue weighted by Crippen LogP contribution is 2.52. The molecule has 0 saturated carbocycles. The summed E-state index contributed by atoms with van der Waals surface area (Å²) in [6, 6.07) is 8.75. The van der Waals surface area contributed by atoms with E-state index in [2.05, 4.69) is 94.4 Å². The summed E-state index contributed by atoms with van der Waals surface area (Å²) in [5.41, 5.74) is 6.34. The van der Waals surface area contributed by atoms with Crippen molar-refractivity contribution in [2.45, 2.75) is 33.1 Å². The maximum Gasteiger partial charge on any atom is 0.0519 e. The van der Waals surface area contributed by atoms with Crippen LogP contribution in [0.1, 0.15) is 38.8 Å². The summed E-state index contributed by atoms with van der Waals surface area (Å²) < 4.78 is 0. The predicted molar refractivity (Wildman–Crippen MR) is 125 cm³/mol. The molecule has 1 aromatic heterocycles. The lowest BCUT2D eigenvalue weighted by Gasteiger charge is -2.24. The lowest BCUT2D eigenvalue weighted by atomic mass is 9.79. The first-order valence-electron chi connectivity index (χ1n) is 9.87. The summed E-state index contributed by atoms with van der Waals surface area (Å²) in [6.45, 7) is 16.9. The largest absolute Gasteiger partial charge is 0.354 e. The Labute approximate surface area is 166 Å². The Morgan fingerprint density at radius 3 is 2.36 bits per heavy atom. The molecule has 0 unspecified atom stereocenters. The molecule has 0 radical (unpaired) electrons. The zero-order valence-corrected chi connectivity index (χ0v) is 17.2. The van der Waals surface area contributed by atoms with Crippen molar-refractivity contribution in [2.75, 3.05) is 0 Å². The number of allylic oxidation sites excluding steroid dienone is 6. The van der Waals surface area contributed by atoms with E-state index < -0.39 is 0 Å². The number of rotatable bonds is 3. The first kappa shape index (κ1) is 18.3. The molecule has 0 bridgehead atoms. The number of aromatic amines is 1. The van der Waals surface area contributed by atoms with E-state index in [1.807, 2.05) is 12.2 Å². The molecular formula is C27H27N. The highest BCUT2D eigenvalue weighted by molar-refractivity contribution is 6.16. The van der Waals surface area contributed by atoms with E-state index in [0.717, 1.165) is 5.35 Å². The Kier molecular flexibility index (Phi) is 4.27. The van der Waals surface area contributed by atoms with Gasteiger partial charge in [-0.25, -0.2) is 0 Å². The topological polar surface area (TPSA) is 15.8 Å². The van der Waals surface area contributed by atoms with E-state index >= 15 is 0 Å². The van der Waals surface area contributed by atoms with E-state index in [1.54, 1.807) is 0 Å². The van der Waals surface area contributed by atoms with Crippen molar-refractivity contribution in [3.63, 3.8) is 0 Å². The molecular weight excluding hydrogens is 338 g/mol. The standard InChI is InChI=1S/C27H27N/c1-7-13-19-21(9-3)27(5,6)25-23(19)17-15-11-12-16-18(17)24-20(14-8-2)22(10-4)28-26(24)25/h7-16,28H,2-3H2,1,4-6H3/b13-7-,20-14+,22-10+. The second-order valence-corrected chi connectivity index (χ2v) is 7.85. The van der Waals surface area contributed by atoms with Gasteiger partial charge in [0.1, 0.15) is 0 Å². The molecule has 1 N–H and O–H groups in total. The zero-order chi connectivity index (χ0) is 20.1. The lowest BCUT2D eigenvalue weighted by Crippen LogP contribution is -2.21. The van der Waals surface area contributed by atoms with Gasteiger partial charge in [0.2, 0.25) is 0 Å². The minimum absolute atomic E-state index is 0.129. The highest BCUT2D eigenvalue weighted by Gasteiger charge is 2.39. The van der Waals surface area contributed by atoms with Crippen molar-refractivity contribution in [2.24, 2.45) is 0 Å². The van der Waals surface area contributed by atoms with Crippen LogP contribution < -0.4 is 10.6 Å².